The van der Waals surface area contributed by atoms with Crippen molar-refractivity contribution in [3.63, 3.8) is 0 Å². The molecule has 0 aliphatic heterocycles. The summed E-state index contributed by atoms with van der Waals surface area (Å²) in [4.78, 5) is 59.5. The van der Waals surface area contributed by atoms with Gasteiger partial charge in [0.15, 0.2) is 11.6 Å². The molecule has 0 rings (SSSR count). The zero-order valence-electron chi connectivity index (χ0n) is 16.4. The molecule has 0 atom stereocenters. The number of unbranched alkanes of at least 4 members (excludes halogenated alkanes) is 2. The third-order valence-corrected chi connectivity index (χ3v) is 6.72. The molecule has 8 nitrogen and oxygen atoms in total. The van der Waals surface area contributed by atoms with Crippen LogP contribution >= 0.6 is 0 Å². The Balaban J connectivity index is -0.000000320. The fourth-order valence-corrected chi connectivity index (χ4v) is 5.48. The first kappa shape index (κ1) is 30.2. The van der Waals surface area contributed by atoms with E-state index in [1.54, 1.807) is 8.87 Å². The van der Waals surface area contributed by atoms with E-state index in [9.17, 15) is 39.0 Å². The average molecular weight is 491 g/mol. The van der Waals surface area contributed by atoms with Gasteiger partial charge in [0.25, 0.3) is 0 Å². The number of hydrogen-bond donors (Lipinski definition) is 0. The Hall–Kier alpha value is -1.58. The van der Waals surface area contributed by atoms with Gasteiger partial charge in [-0.3, -0.25) is 19.2 Å². The Bertz CT molecular complexity index is 456. The second-order valence-electron chi connectivity index (χ2n) is 5.64. The monoisotopic (exact) mass is 492 g/mol. The van der Waals surface area contributed by atoms with Gasteiger partial charge in [-0.1, -0.05) is 0 Å². The van der Waals surface area contributed by atoms with Crippen LogP contribution in [0.4, 0.5) is 0 Å². The number of rotatable bonds is 12. The fourth-order valence-electron chi connectivity index (χ4n) is 1.33. The molecule has 0 spiro atoms. The van der Waals surface area contributed by atoms with Gasteiger partial charge in [-0.05, 0) is 13.8 Å². The van der Waals surface area contributed by atoms with Crippen molar-refractivity contribution in [1.82, 2.24) is 0 Å². The summed E-state index contributed by atoms with van der Waals surface area (Å²) in [6.07, 6.45) is 4.70. The quantitative estimate of drug-likeness (QED) is 0.156. The van der Waals surface area contributed by atoms with E-state index in [1.165, 1.54) is 25.7 Å². The minimum atomic E-state index is -1.80. The summed E-state index contributed by atoms with van der Waals surface area (Å²) in [5, 5.41) is 19.2. The number of carbonyl (C=O) groups is 6. The third-order valence-electron chi connectivity index (χ3n) is 2.69. The Morgan fingerprint density at radius 3 is 1.11 bits per heavy atom. The summed E-state index contributed by atoms with van der Waals surface area (Å²) in [6, 6.07) is 0. The number of carboxylic acid groups (broad SMARTS) is 2. The first-order valence-corrected chi connectivity index (χ1v) is 12.7. The molecule has 27 heavy (non-hydrogen) atoms. The third kappa shape index (κ3) is 29.4. The molecule has 0 heterocycles. The van der Waals surface area contributed by atoms with Crippen molar-refractivity contribution in [3.8, 4) is 0 Å². The molecule has 0 aromatic rings. The van der Waals surface area contributed by atoms with Gasteiger partial charge in [0.05, 0.1) is 12.8 Å². The second-order valence-corrected chi connectivity index (χ2v) is 9.92. The molecular formula is C18H28O8Sn. The SMILES string of the molecule is CC(=O)CC(=O)C(=O)[O-].CC(=O)CC(=O)C(=O)[O-].CCC[CH2][Sn+2][CH2]CCC. The van der Waals surface area contributed by atoms with Crippen LogP contribution in [0.5, 0.6) is 0 Å². The number of aliphatic carboxylic acids is 2. The fraction of sp³-hybridized carbons (Fsp3) is 0.667. The first-order chi connectivity index (χ1) is 12.5. The summed E-state index contributed by atoms with van der Waals surface area (Å²) < 4.78 is 3.25. The maximum absolute atomic E-state index is 10.1. The number of ketones is 4. The molecule has 0 aliphatic carbocycles. The molecule has 0 saturated heterocycles. The van der Waals surface area contributed by atoms with Crippen molar-refractivity contribution in [3.05, 3.63) is 0 Å². The molecule has 0 amide bonds. The van der Waals surface area contributed by atoms with Crippen molar-refractivity contribution in [2.75, 3.05) is 0 Å². The van der Waals surface area contributed by atoms with Crippen molar-refractivity contribution in [1.29, 1.82) is 0 Å². The van der Waals surface area contributed by atoms with E-state index in [4.69, 9.17) is 0 Å². The Morgan fingerprint density at radius 2 is 0.963 bits per heavy atom. The predicted molar refractivity (Wildman–Crippen MR) is 95.8 cm³/mol. The van der Waals surface area contributed by atoms with E-state index < -0.39 is 47.9 Å². The summed E-state index contributed by atoms with van der Waals surface area (Å²) >= 11 is 0.149. The molecule has 0 saturated carbocycles. The molecule has 0 bridgehead atoms. The summed E-state index contributed by atoms with van der Waals surface area (Å²) in [5.74, 6) is -6.87. The van der Waals surface area contributed by atoms with Crippen molar-refractivity contribution in [2.45, 2.75) is 75.1 Å². The second kappa shape index (κ2) is 20.7. The van der Waals surface area contributed by atoms with Crippen LogP contribution in [0.1, 0.15) is 66.2 Å². The van der Waals surface area contributed by atoms with E-state index in [-0.39, 0.29) is 21.1 Å². The number of carbonyl (C=O) groups excluding carboxylic acids is 6. The standard InChI is InChI=1S/2C5H6O4.2C4H9.Sn/c2*1-3(6)2-4(7)5(8)9;2*1-3-4-2;/h2*2H2,1H3,(H,8,9);2*1,3-4H2,2H3;/q;;;;+2/p-2. The van der Waals surface area contributed by atoms with Gasteiger partial charge in [-0.15, -0.1) is 0 Å². The van der Waals surface area contributed by atoms with Crippen LogP contribution in [0.2, 0.25) is 8.87 Å². The van der Waals surface area contributed by atoms with Crippen molar-refractivity contribution >= 4 is 56.2 Å². The van der Waals surface area contributed by atoms with Crippen LogP contribution in [-0.4, -0.2) is 56.2 Å². The Kier molecular flexibility index (Phi) is 23.2. The Morgan fingerprint density at radius 1 is 0.667 bits per heavy atom. The van der Waals surface area contributed by atoms with Gasteiger partial charge in [-0.25, -0.2) is 0 Å². The van der Waals surface area contributed by atoms with Gasteiger partial charge < -0.3 is 19.8 Å². The summed E-state index contributed by atoms with van der Waals surface area (Å²) in [6.45, 7) is 6.86. The number of carboxylic acids is 2. The van der Waals surface area contributed by atoms with Crippen LogP contribution < -0.4 is 10.2 Å². The molecule has 0 radical (unpaired) electrons. The molecule has 0 fully saturated rings. The summed E-state index contributed by atoms with van der Waals surface area (Å²) in [5.41, 5.74) is 0. The zero-order valence-corrected chi connectivity index (χ0v) is 19.3. The molecule has 9 heteroatoms. The number of hydrogen-bond acceptors (Lipinski definition) is 8. The van der Waals surface area contributed by atoms with Crippen LogP contribution in [-0.2, 0) is 28.8 Å². The van der Waals surface area contributed by atoms with E-state index in [0.29, 0.717) is 0 Å². The topological polar surface area (TPSA) is 149 Å². The molecule has 0 aromatic heterocycles. The number of Topliss-reactive ketones (excluding diaryl/α,β-unsaturated/α-hetero) is 4. The molecule has 0 N–H and O–H groups in total. The van der Waals surface area contributed by atoms with Gasteiger partial charge in [0, 0.05) is 0 Å². The molecular weight excluding hydrogens is 463 g/mol. The van der Waals surface area contributed by atoms with Crippen molar-refractivity contribution in [2.24, 2.45) is 0 Å². The first-order valence-electron chi connectivity index (χ1n) is 8.67. The van der Waals surface area contributed by atoms with Crippen LogP contribution in [0.25, 0.3) is 0 Å². The maximum atomic E-state index is 10.1. The average Bonchev–Trinajstić information content (AvgIpc) is 2.54. The minimum absolute atomic E-state index is 0.149. The van der Waals surface area contributed by atoms with E-state index >= 15 is 0 Å². The van der Waals surface area contributed by atoms with Crippen LogP contribution in [0, 0.1) is 0 Å². The Labute approximate surface area is 170 Å². The van der Waals surface area contributed by atoms with Crippen molar-refractivity contribution < 1.29 is 39.0 Å². The zero-order chi connectivity index (χ0) is 21.8. The molecule has 0 aliphatic rings. The normalized spacial score (nSPS) is 8.74. The molecule has 0 aromatic carbocycles. The predicted octanol–water partition coefficient (Wildman–Crippen LogP) is -0.304. The van der Waals surface area contributed by atoms with E-state index in [1.807, 2.05) is 0 Å². The van der Waals surface area contributed by atoms with Gasteiger partial charge in [0.2, 0.25) is 0 Å². The van der Waals surface area contributed by atoms with E-state index in [0.717, 1.165) is 13.8 Å². The molecule has 0 unspecified atom stereocenters. The van der Waals surface area contributed by atoms with E-state index in [2.05, 4.69) is 13.8 Å². The van der Waals surface area contributed by atoms with Gasteiger partial charge in [0.1, 0.15) is 23.5 Å². The van der Waals surface area contributed by atoms with Crippen LogP contribution in [0.3, 0.4) is 0 Å². The van der Waals surface area contributed by atoms with Gasteiger partial charge >= 0.3 is 69.5 Å². The van der Waals surface area contributed by atoms with Crippen LogP contribution in [0.15, 0.2) is 0 Å². The summed E-state index contributed by atoms with van der Waals surface area (Å²) in [7, 11) is 0. The molecule has 152 valence electrons. The van der Waals surface area contributed by atoms with Gasteiger partial charge in [-0.2, -0.15) is 0 Å².